The van der Waals surface area contributed by atoms with E-state index in [0.29, 0.717) is 49.3 Å². The molecule has 5 aliphatic rings. The minimum Gasteiger partial charge on any atom is -0.490 e. The summed E-state index contributed by atoms with van der Waals surface area (Å²) in [5.41, 5.74) is 3.43. The monoisotopic (exact) mass is 746 g/mol. The summed E-state index contributed by atoms with van der Waals surface area (Å²) in [7, 11) is -1.72. The van der Waals surface area contributed by atoms with E-state index in [1.165, 1.54) is 11.1 Å². The quantitative estimate of drug-likeness (QED) is 0.307. The van der Waals surface area contributed by atoms with Gasteiger partial charge in [0.05, 0.1) is 36.5 Å². The van der Waals surface area contributed by atoms with Crippen LogP contribution in [-0.4, -0.2) is 82.4 Å². The number of methoxy groups -OCH3 is 1. The number of fused-ring (bicyclic) bond motifs is 4. The third-order valence-electron chi connectivity index (χ3n) is 11.9. The van der Waals surface area contributed by atoms with E-state index in [9.17, 15) is 13.8 Å². The Hall–Kier alpha value is -3.87. The van der Waals surface area contributed by atoms with Crippen molar-refractivity contribution in [1.29, 1.82) is 0 Å². The summed E-state index contributed by atoms with van der Waals surface area (Å²) >= 11 is 6.46. The van der Waals surface area contributed by atoms with Crippen molar-refractivity contribution >= 4 is 39.1 Å². The number of amides is 3. The maximum absolute atomic E-state index is 14.6. The van der Waals surface area contributed by atoms with Crippen LogP contribution in [0.2, 0.25) is 5.02 Å². The number of carbonyl (C=O) groups is 2. The molecule has 2 fully saturated rings. The highest BCUT2D eigenvalue weighted by atomic mass is 35.5. The number of aryl methyl sites for hydroxylation is 1. The number of ether oxygens (including phenoxy) is 2. The van der Waals surface area contributed by atoms with Gasteiger partial charge in [-0.05, 0) is 97.7 Å². The highest BCUT2D eigenvalue weighted by molar-refractivity contribution is 7.92. The van der Waals surface area contributed by atoms with Crippen LogP contribution in [0.1, 0.15) is 66.6 Å². The Labute approximate surface area is 311 Å². The summed E-state index contributed by atoms with van der Waals surface area (Å²) in [6.07, 6.45) is 15.2. The summed E-state index contributed by atoms with van der Waals surface area (Å²) in [4.78, 5) is 35.5. The highest BCUT2D eigenvalue weighted by Gasteiger charge is 2.44. The summed E-state index contributed by atoms with van der Waals surface area (Å²) in [5, 5.41) is 0.743. The van der Waals surface area contributed by atoms with E-state index in [1.807, 2.05) is 35.9 Å². The number of hydrogen-bond acceptors (Lipinski definition) is 7. The van der Waals surface area contributed by atoms with Crippen molar-refractivity contribution in [2.45, 2.75) is 63.0 Å². The Kier molecular flexibility index (Phi) is 9.59. The molecule has 4 heterocycles. The first-order chi connectivity index (χ1) is 25.1. The number of carbonyl (C=O) groups excluding carboxylic acids is 2. The lowest BCUT2D eigenvalue weighted by atomic mass is 9.68. The van der Waals surface area contributed by atoms with E-state index >= 15 is 0 Å². The zero-order chi connectivity index (χ0) is 36.0. The van der Waals surface area contributed by atoms with Crippen LogP contribution in [0.3, 0.4) is 0 Å². The topological polar surface area (TPSA) is 118 Å². The maximum atomic E-state index is 14.6. The molecule has 6 atom stereocenters. The fourth-order valence-electron chi connectivity index (χ4n) is 8.86. The average molecular weight is 747 g/mol. The molecule has 3 amide bonds. The van der Waals surface area contributed by atoms with Crippen LogP contribution in [0, 0.1) is 17.8 Å². The van der Waals surface area contributed by atoms with E-state index in [0.717, 1.165) is 55.9 Å². The molecule has 1 aromatic heterocycles. The Balaban J connectivity index is 1.15. The second-order valence-corrected chi connectivity index (χ2v) is 17.9. The Bertz CT molecular complexity index is 1990. The van der Waals surface area contributed by atoms with Gasteiger partial charge in [0.1, 0.15) is 15.7 Å². The van der Waals surface area contributed by atoms with Crippen molar-refractivity contribution in [2.75, 3.05) is 50.5 Å². The number of halogens is 1. The van der Waals surface area contributed by atoms with Gasteiger partial charge in [0.25, 0.3) is 5.91 Å². The van der Waals surface area contributed by atoms with Gasteiger partial charge >= 0.3 is 6.03 Å². The molecule has 52 heavy (non-hydrogen) atoms. The second-order valence-electron chi connectivity index (χ2n) is 15.4. The number of nitrogens with zero attached hydrogens (tertiary/aromatic N) is 5. The first kappa shape index (κ1) is 35.2. The van der Waals surface area contributed by atoms with E-state index in [-0.39, 0.29) is 29.2 Å². The number of rotatable bonds is 3. The molecule has 276 valence electrons. The van der Waals surface area contributed by atoms with Crippen LogP contribution < -0.4 is 14.4 Å². The first-order valence-corrected chi connectivity index (χ1v) is 20.5. The van der Waals surface area contributed by atoms with Gasteiger partial charge in [0, 0.05) is 61.7 Å². The molecule has 0 radical (unpaired) electrons. The number of hydrogen-bond donors (Lipinski definition) is 1. The van der Waals surface area contributed by atoms with Crippen molar-refractivity contribution in [1.82, 2.24) is 19.2 Å². The number of aromatic nitrogens is 2. The van der Waals surface area contributed by atoms with E-state index < -0.39 is 21.9 Å². The summed E-state index contributed by atoms with van der Waals surface area (Å²) in [6.45, 7) is 4.88. The molecule has 1 unspecified atom stereocenters. The molecule has 1 saturated heterocycles. The third kappa shape index (κ3) is 6.85. The van der Waals surface area contributed by atoms with Gasteiger partial charge in [0.15, 0.2) is 0 Å². The predicted molar refractivity (Wildman–Crippen MR) is 201 cm³/mol. The van der Waals surface area contributed by atoms with E-state index in [4.69, 9.17) is 21.1 Å². The van der Waals surface area contributed by atoms with Gasteiger partial charge in [-0.1, -0.05) is 36.7 Å². The molecule has 1 saturated carbocycles. The SMILES string of the molecule is CO[C@H]1/C=C/C[C@H](C)CS(=O)(NC(=O)N2CC(n3ccnc3)C2)=NC(=O)c2ccc3c(c2)N(C[C@@H]2CC[C@H]21)C[C@@]1(CCCc2cc(Cl)ccc21)CO3. The molecular weight excluding hydrogens is 700 g/mol. The van der Waals surface area contributed by atoms with Crippen LogP contribution in [0.25, 0.3) is 0 Å². The van der Waals surface area contributed by atoms with Gasteiger partial charge in [0.2, 0.25) is 0 Å². The zero-order valence-corrected chi connectivity index (χ0v) is 31.4. The smallest absolute Gasteiger partial charge is 0.329 e. The molecule has 1 spiro atoms. The minimum absolute atomic E-state index is 0.0312. The minimum atomic E-state index is -3.49. The number of anilines is 1. The number of imidazole rings is 1. The van der Waals surface area contributed by atoms with Gasteiger partial charge < -0.3 is 23.8 Å². The van der Waals surface area contributed by atoms with Crippen LogP contribution in [-0.2, 0) is 26.5 Å². The van der Waals surface area contributed by atoms with Gasteiger partial charge in [-0.3, -0.25) is 9.52 Å². The first-order valence-electron chi connectivity index (χ1n) is 18.5. The van der Waals surface area contributed by atoms with Crippen LogP contribution >= 0.6 is 11.6 Å². The van der Waals surface area contributed by atoms with Crippen molar-refractivity contribution in [2.24, 2.45) is 22.1 Å². The predicted octanol–water partition coefficient (Wildman–Crippen LogP) is 6.44. The van der Waals surface area contributed by atoms with Crippen LogP contribution in [0.5, 0.6) is 5.75 Å². The lowest BCUT2D eigenvalue weighted by molar-refractivity contribution is 0.0131. The number of likely N-dealkylation sites (tertiary alicyclic amines) is 1. The lowest BCUT2D eigenvalue weighted by Crippen LogP contribution is -2.55. The molecular formula is C39H47ClN6O5S. The van der Waals surface area contributed by atoms with Crippen molar-refractivity contribution in [3.63, 3.8) is 0 Å². The molecule has 2 bridgehead atoms. The van der Waals surface area contributed by atoms with E-state index in [2.05, 4.69) is 43.3 Å². The van der Waals surface area contributed by atoms with Crippen molar-refractivity contribution < 1.29 is 23.3 Å². The highest BCUT2D eigenvalue weighted by Crippen LogP contribution is 2.47. The number of urea groups is 1. The summed E-state index contributed by atoms with van der Waals surface area (Å²) < 4.78 is 36.3. The van der Waals surface area contributed by atoms with E-state index in [1.54, 1.807) is 30.6 Å². The summed E-state index contributed by atoms with van der Waals surface area (Å²) in [5.74, 6) is 0.728. The molecule has 13 heteroatoms. The number of nitrogens with one attached hydrogen (secondary N) is 1. The maximum Gasteiger partial charge on any atom is 0.329 e. The molecule has 2 aliphatic carbocycles. The molecule has 3 aromatic rings. The number of allylic oxidation sites excluding steroid dienone is 1. The molecule has 11 nitrogen and oxygen atoms in total. The molecule has 8 rings (SSSR count). The standard InChI is InChI=1S/C39H47ClN6O5S/c1-26-5-3-7-35(50-2)32-11-8-29(32)19-46-23-39(14-4-6-27-17-30(40)10-12-33(27)39)24-51-36-13-9-28(18-34(36)46)37(47)42-52(49,22-26)43-38(48)45-20-31(21-45)44-16-15-41-25-44/h3,7,9-10,12-13,15-18,25-26,29,31-32,35H,4-6,8,11,14,19-24H2,1-2H3,(H,42,43,47,48,49)/b7-3+/t26-,29-,32+,35-,39-,52?/m0/s1. The second kappa shape index (κ2) is 14.2. The van der Waals surface area contributed by atoms with Crippen molar-refractivity contribution in [3.8, 4) is 5.75 Å². The number of benzene rings is 2. The zero-order valence-electron chi connectivity index (χ0n) is 29.8. The fourth-order valence-corrected chi connectivity index (χ4v) is 10.9. The lowest BCUT2D eigenvalue weighted by Gasteiger charge is -2.46. The Morgan fingerprint density at radius 3 is 2.79 bits per heavy atom. The third-order valence-corrected chi connectivity index (χ3v) is 14.1. The molecule has 1 N–H and O–H groups in total. The van der Waals surface area contributed by atoms with Gasteiger partial charge in [-0.25, -0.2) is 14.0 Å². The van der Waals surface area contributed by atoms with Crippen LogP contribution in [0.4, 0.5) is 10.5 Å². The molecule has 3 aliphatic heterocycles. The average Bonchev–Trinajstić information content (AvgIpc) is 3.56. The summed E-state index contributed by atoms with van der Waals surface area (Å²) in [6, 6.07) is 11.2. The largest absolute Gasteiger partial charge is 0.490 e. The van der Waals surface area contributed by atoms with Gasteiger partial charge in [-0.2, -0.15) is 0 Å². The van der Waals surface area contributed by atoms with Gasteiger partial charge in [-0.15, -0.1) is 4.36 Å². The Morgan fingerprint density at radius 1 is 1.15 bits per heavy atom. The van der Waals surface area contributed by atoms with Crippen molar-refractivity contribution in [3.05, 3.63) is 89.0 Å². The normalized spacial score (nSPS) is 31.2. The van der Waals surface area contributed by atoms with Crippen LogP contribution in [0.15, 0.2) is 71.6 Å². The molecule has 2 aromatic carbocycles. The Morgan fingerprint density at radius 2 is 2.02 bits per heavy atom. The fraction of sp³-hybridized carbons (Fsp3) is 0.513.